The van der Waals surface area contributed by atoms with E-state index in [0.717, 1.165) is 50.9 Å². The van der Waals surface area contributed by atoms with Gasteiger partial charge in [0.25, 0.3) is 0 Å². The second kappa shape index (κ2) is 7.38. The predicted molar refractivity (Wildman–Crippen MR) is 85.9 cm³/mol. The molecule has 1 heterocycles. The summed E-state index contributed by atoms with van der Waals surface area (Å²) in [5.74, 6) is 0. The van der Waals surface area contributed by atoms with Crippen LogP contribution in [0.5, 0.6) is 0 Å². The first-order chi connectivity index (χ1) is 10.0. The Morgan fingerprint density at radius 3 is 2.29 bits per heavy atom. The van der Waals surface area contributed by atoms with Crippen molar-refractivity contribution in [1.29, 1.82) is 0 Å². The van der Waals surface area contributed by atoms with E-state index in [2.05, 4.69) is 23.5 Å². The Labute approximate surface area is 128 Å². The maximum Gasteiger partial charge on any atom is 0.240 e. The smallest absolute Gasteiger partial charge is 0.240 e. The van der Waals surface area contributed by atoms with Gasteiger partial charge >= 0.3 is 0 Å². The van der Waals surface area contributed by atoms with Crippen molar-refractivity contribution in [3.05, 3.63) is 29.8 Å². The van der Waals surface area contributed by atoms with Crippen LogP contribution in [0.25, 0.3) is 0 Å². The van der Waals surface area contributed by atoms with E-state index < -0.39 is 10.0 Å². The average molecular weight is 310 g/mol. The zero-order valence-electron chi connectivity index (χ0n) is 13.0. The van der Waals surface area contributed by atoms with Gasteiger partial charge in [0.2, 0.25) is 10.0 Å². The lowest BCUT2D eigenvalue weighted by atomic mass is 10.1. The van der Waals surface area contributed by atoms with Crippen molar-refractivity contribution in [3.63, 3.8) is 0 Å². The van der Waals surface area contributed by atoms with Crippen LogP contribution in [0.15, 0.2) is 29.2 Å². The summed E-state index contributed by atoms with van der Waals surface area (Å²) in [6, 6.07) is 7.24. The number of nitrogens with zero attached hydrogens (tertiary/aromatic N) is 1. The maximum atomic E-state index is 12.4. The zero-order chi connectivity index (χ0) is 15.3. The van der Waals surface area contributed by atoms with Crippen LogP contribution in [0.4, 0.5) is 0 Å². The summed E-state index contributed by atoms with van der Waals surface area (Å²) < 4.78 is 27.6. The van der Waals surface area contributed by atoms with Crippen LogP contribution in [-0.2, 0) is 16.4 Å². The molecule has 0 aromatic heterocycles. The van der Waals surface area contributed by atoms with Gasteiger partial charge < -0.3 is 4.90 Å². The fraction of sp³-hybridized carbons (Fsp3) is 0.625. The predicted octanol–water partition coefficient (Wildman–Crippen LogP) is 2.40. The first-order valence-corrected chi connectivity index (χ1v) is 9.37. The molecule has 4 nitrogen and oxygen atoms in total. The van der Waals surface area contributed by atoms with Crippen molar-refractivity contribution < 1.29 is 8.42 Å². The fourth-order valence-electron chi connectivity index (χ4n) is 2.78. The fourth-order valence-corrected chi connectivity index (χ4v) is 4.09. The standard InChI is InChI=1S/C16H26N2O2S/c1-3-11-18-12-9-15(10-13-18)17-21(19,20)16-7-5-14(4-2)6-8-16/h5-8,15,17H,3-4,9-13H2,1-2H3. The molecule has 118 valence electrons. The lowest BCUT2D eigenvalue weighted by Crippen LogP contribution is -2.44. The van der Waals surface area contributed by atoms with Crippen molar-refractivity contribution in [2.45, 2.75) is 50.5 Å². The van der Waals surface area contributed by atoms with Crippen LogP contribution in [0.1, 0.15) is 38.7 Å². The monoisotopic (exact) mass is 310 g/mol. The molecular formula is C16H26N2O2S. The Balaban J connectivity index is 1.95. The number of aryl methyl sites for hydroxylation is 1. The van der Waals surface area contributed by atoms with Gasteiger partial charge in [-0.05, 0) is 63.0 Å². The molecule has 2 rings (SSSR count). The van der Waals surface area contributed by atoms with Gasteiger partial charge in [-0.2, -0.15) is 0 Å². The molecule has 5 heteroatoms. The number of likely N-dealkylation sites (tertiary alicyclic amines) is 1. The minimum atomic E-state index is -3.38. The molecule has 1 aliphatic rings. The van der Waals surface area contributed by atoms with Crippen LogP contribution in [0.2, 0.25) is 0 Å². The molecule has 1 aromatic carbocycles. The molecule has 1 aliphatic heterocycles. The normalized spacial score (nSPS) is 18.0. The van der Waals surface area contributed by atoms with E-state index in [1.807, 2.05) is 12.1 Å². The third kappa shape index (κ3) is 4.53. The van der Waals surface area contributed by atoms with Crippen LogP contribution < -0.4 is 4.72 Å². The van der Waals surface area contributed by atoms with E-state index >= 15 is 0 Å². The number of hydrogen-bond acceptors (Lipinski definition) is 3. The molecule has 21 heavy (non-hydrogen) atoms. The van der Waals surface area contributed by atoms with Crippen molar-refractivity contribution >= 4 is 10.0 Å². The topological polar surface area (TPSA) is 49.4 Å². The van der Waals surface area contributed by atoms with E-state index in [9.17, 15) is 8.42 Å². The minimum absolute atomic E-state index is 0.0638. The Morgan fingerprint density at radius 1 is 1.14 bits per heavy atom. The molecule has 0 spiro atoms. The van der Waals surface area contributed by atoms with Crippen LogP contribution in [-0.4, -0.2) is 39.0 Å². The summed E-state index contributed by atoms with van der Waals surface area (Å²) in [6.07, 6.45) is 3.86. The van der Waals surface area contributed by atoms with Gasteiger partial charge in [-0.25, -0.2) is 13.1 Å². The number of rotatable bonds is 6. The van der Waals surface area contributed by atoms with E-state index in [1.54, 1.807) is 12.1 Å². The van der Waals surface area contributed by atoms with Crippen LogP contribution >= 0.6 is 0 Å². The summed E-state index contributed by atoms with van der Waals surface area (Å²) in [4.78, 5) is 2.77. The van der Waals surface area contributed by atoms with Crippen molar-refractivity contribution in [2.24, 2.45) is 0 Å². The third-order valence-corrected chi connectivity index (χ3v) is 5.63. The number of nitrogens with one attached hydrogen (secondary N) is 1. The van der Waals surface area contributed by atoms with E-state index in [4.69, 9.17) is 0 Å². The maximum absolute atomic E-state index is 12.4. The molecule has 0 radical (unpaired) electrons. The molecule has 0 unspecified atom stereocenters. The molecule has 0 bridgehead atoms. The van der Waals surface area contributed by atoms with Gasteiger partial charge in [0.1, 0.15) is 0 Å². The first kappa shape index (κ1) is 16.5. The number of benzene rings is 1. The quantitative estimate of drug-likeness (QED) is 0.878. The van der Waals surface area contributed by atoms with Gasteiger partial charge in [-0.15, -0.1) is 0 Å². The molecule has 1 aromatic rings. The molecule has 0 saturated carbocycles. The molecule has 0 atom stereocenters. The van der Waals surface area contributed by atoms with Gasteiger partial charge in [0.05, 0.1) is 4.90 Å². The molecule has 0 aliphatic carbocycles. The second-order valence-electron chi connectivity index (χ2n) is 5.73. The molecule has 1 saturated heterocycles. The van der Waals surface area contributed by atoms with Crippen LogP contribution in [0.3, 0.4) is 0 Å². The van der Waals surface area contributed by atoms with Gasteiger partial charge in [-0.3, -0.25) is 0 Å². The summed E-state index contributed by atoms with van der Waals surface area (Å²) in [6.45, 7) is 7.31. The van der Waals surface area contributed by atoms with E-state index in [-0.39, 0.29) is 6.04 Å². The van der Waals surface area contributed by atoms with Gasteiger partial charge in [-0.1, -0.05) is 26.0 Å². The van der Waals surface area contributed by atoms with Gasteiger partial charge in [0.15, 0.2) is 0 Å². The van der Waals surface area contributed by atoms with Crippen molar-refractivity contribution in [2.75, 3.05) is 19.6 Å². The van der Waals surface area contributed by atoms with E-state index in [1.165, 1.54) is 0 Å². The summed E-state index contributed by atoms with van der Waals surface area (Å²) in [5.41, 5.74) is 1.15. The lowest BCUT2D eigenvalue weighted by Gasteiger charge is -2.31. The highest BCUT2D eigenvalue weighted by Gasteiger charge is 2.24. The van der Waals surface area contributed by atoms with Crippen molar-refractivity contribution in [1.82, 2.24) is 9.62 Å². The number of hydrogen-bond donors (Lipinski definition) is 1. The summed E-state index contributed by atoms with van der Waals surface area (Å²) in [5, 5.41) is 0. The number of piperidine rings is 1. The Kier molecular flexibility index (Phi) is 5.79. The highest BCUT2D eigenvalue weighted by atomic mass is 32.2. The van der Waals surface area contributed by atoms with Crippen molar-refractivity contribution in [3.8, 4) is 0 Å². The largest absolute Gasteiger partial charge is 0.303 e. The molecule has 1 fully saturated rings. The molecular weight excluding hydrogens is 284 g/mol. The Bertz CT molecular complexity index is 532. The van der Waals surface area contributed by atoms with Crippen LogP contribution in [0, 0.1) is 0 Å². The Morgan fingerprint density at radius 2 is 1.76 bits per heavy atom. The zero-order valence-corrected chi connectivity index (χ0v) is 13.8. The SMILES string of the molecule is CCCN1CCC(NS(=O)(=O)c2ccc(CC)cc2)CC1. The second-order valence-corrected chi connectivity index (χ2v) is 7.45. The minimum Gasteiger partial charge on any atom is -0.303 e. The summed E-state index contributed by atoms with van der Waals surface area (Å²) in [7, 11) is -3.38. The summed E-state index contributed by atoms with van der Waals surface area (Å²) >= 11 is 0. The average Bonchev–Trinajstić information content (AvgIpc) is 2.49. The Hall–Kier alpha value is -0.910. The number of sulfonamides is 1. The van der Waals surface area contributed by atoms with Gasteiger partial charge in [0, 0.05) is 6.04 Å². The third-order valence-electron chi connectivity index (χ3n) is 4.09. The highest BCUT2D eigenvalue weighted by molar-refractivity contribution is 7.89. The van der Waals surface area contributed by atoms with E-state index in [0.29, 0.717) is 4.90 Å². The molecule has 0 amide bonds. The molecule has 1 N–H and O–H groups in total. The first-order valence-electron chi connectivity index (χ1n) is 7.88. The lowest BCUT2D eigenvalue weighted by molar-refractivity contribution is 0.208. The highest BCUT2D eigenvalue weighted by Crippen LogP contribution is 2.16.